The molecule has 4 rings (SSSR count). The molecule has 1 N–H and O–H groups in total. The number of hydrogen-bond donors (Lipinski definition) is 1. The Morgan fingerprint density at radius 2 is 2.07 bits per heavy atom. The van der Waals surface area contributed by atoms with E-state index in [2.05, 4.69) is 39.5 Å². The largest absolute Gasteiger partial charge is 0.351 e. The summed E-state index contributed by atoms with van der Waals surface area (Å²) in [7, 11) is 0. The minimum atomic E-state index is -0.0969. The van der Waals surface area contributed by atoms with E-state index in [-0.39, 0.29) is 17.2 Å². The van der Waals surface area contributed by atoms with Crippen LogP contribution in [0.1, 0.15) is 41.9 Å². The first-order valence-corrected chi connectivity index (χ1v) is 9.57. The summed E-state index contributed by atoms with van der Waals surface area (Å²) < 4.78 is 0. The molecule has 138 valence electrons. The fourth-order valence-electron chi connectivity index (χ4n) is 4.66. The topological polar surface area (TPSA) is 69.0 Å². The Labute approximate surface area is 160 Å². The maximum absolute atomic E-state index is 13.0. The zero-order valence-electron chi connectivity index (χ0n) is 15.4. The molecule has 1 fully saturated rings. The predicted octanol–water partition coefficient (Wildman–Crippen LogP) is 2.74. The lowest BCUT2D eigenvalue weighted by atomic mass is 9.73. The first-order chi connectivity index (χ1) is 13.2. The smallest absolute Gasteiger partial charge is 0.227 e. The molecule has 1 amide bonds. The molecule has 1 aromatic heterocycles. The van der Waals surface area contributed by atoms with E-state index in [1.54, 1.807) is 12.4 Å². The van der Waals surface area contributed by atoms with Gasteiger partial charge in [0, 0.05) is 18.9 Å². The zero-order chi connectivity index (χ0) is 18.7. The summed E-state index contributed by atoms with van der Waals surface area (Å²) in [5.74, 6) is 0.00280. The van der Waals surface area contributed by atoms with Crippen LogP contribution >= 0.6 is 0 Å². The number of fused-ring (bicyclic) bond motifs is 2. The summed E-state index contributed by atoms with van der Waals surface area (Å²) in [4.78, 5) is 19.3. The molecule has 5 heteroatoms. The number of benzene rings is 1. The van der Waals surface area contributed by atoms with E-state index >= 15 is 0 Å². The number of amides is 1. The number of likely N-dealkylation sites (tertiary alicyclic amines) is 1. The summed E-state index contributed by atoms with van der Waals surface area (Å²) >= 11 is 0. The molecule has 1 spiro atoms. The Hall–Kier alpha value is -2.71. The molecule has 0 bridgehead atoms. The van der Waals surface area contributed by atoms with E-state index in [9.17, 15) is 4.79 Å². The highest BCUT2D eigenvalue weighted by Crippen LogP contribution is 2.51. The number of aromatic nitrogens is 1. The second kappa shape index (κ2) is 7.50. The fraction of sp³-hybridized carbons (Fsp3) is 0.409. The number of piperidine rings is 1. The van der Waals surface area contributed by atoms with Crippen LogP contribution in [-0.4, -0.2) is 35.4 Å². The van der Waals surface area contributed by atoms with Gasteiger partial charge in [-0.3, -0.25) is 14.7 Å². The van der Waals surface area contributed by atoms with E-state index in [1.807, 2.05) is 18.2 Å². The number of carbonyl (C=O) groups excluding carboxylic acids is 1. The standard InChI is InChI=1S/C22H24N4O/c23-9-13-26-11-7-22(8-12-26)14-19(18-5-1-2-6-20(18)22)21(27)25-16-17-4-3-10-24-15-17/h1-6,10,15,19H,7-8,11-14,16H2,(H,25,27)/t19-/m1/s1. The van der Waals surface area contributed by atoms with Crippen LogP contribution in [-0.2, 0) is 16.8 Å². The van der Waals surface area contributed by atoms with E-state index in [0.29, 0.717) is 13.1 Å². The van der Waals surface area contributed by atoms with Gasteiger partial charge in [-0.2, -0.15) is 5.26 Å². The van der Waals surface area contributed by atoms with Gasteiger partial charge in [-0.05, 0) is 60.5 Å². The van der Waals surface area contributed by atoms with Crippen molar-refractivity contribution in [2.24, 2.45) is 0 Å². The molecule has 1 aliphatic carbocycles. The van der Waals surface area contributed by atoms with Gasteiger partial charge in [-0.15, -0.1) is 0 Å². The lowest BCUT2D eigenvalue weighted by molar-refractivity contribution is -0.123. The van der Waals surface area contributed by atoms with Crippen LogP contribution in [0.2, 0.25) is 0 Å². The van der Waals surface area contributed by atoms with Gasteiger partial charge >= 0.3 is 0 Å². The van der Waals surface area contributed by atoms with Crippen molar-refractivity contribution in [2.45, 2.75) is 37.1 Å². The summed E-state index contributed by atoms with van der Waals surface area (Å²) in [5, 5.41) is 12.1. The average molecular weight is 360 g/mol. The summed E-state index contributed by atoms with van der Waals surface area (Å²) in [6.07, 6.45) is 6.41. The Morgan fingerprint density at radius 1 is 1.26 bits per heavy atom. The van der Waals surface area contributed by atoms with Crippen molar-refractivity contribution in [3.63, 3.8) is 0 Å². The maximum Gasteiger partial charge on any atom is 0.227 e. The maximum atomic E-state index is 13.0. The molecular formula is C22H24N4O. The van der Waals surface area contributed by atoms with Crippen molar-refractivity contribution >= 4 is 5.91 Å². The molecule has 1 aliphatic heterocycles. The van der Waals surface area contributed by atoms with Crippen LogP contribution in [0.5, 0.6) is 0 Å². The Morgan fingerprint density at radius 3 is 2.81 bits per heavy atom. The number of nitrogens with one attached hydrogen (secondary N) is 1. The third-order valence-corrected chi connectivity index (χ3v) is 6.12. The lowest BCUT2D eigenvalue weighted by Gasteiger charge is -2.39. The molecule has 1 aromatic carbocycles. The number of carbonyl (C=O) groups is 1. The number of hydrogen-bond acceptors (Lipinski definition) is 4. The van der Waals surface area contributed by atoms with Crippen LogP contribution in [0.4, 0.5) is 0 Å². The van der Waals surface area contributed by atoms with Crippen LogP contribution in [0.3, 0.4) is 0 Å². The number of rotatable bonds is 4. The molecule has 0 radical (unpaired) electrons. The molecule has 5 nitrogen and oxygen atoms in total. The van der Waals surface area contributed by atoms with Gasteiger partial charge in [0.25, 0.3) is 0 Å². The van der Waals surface area contributed by atoms with E-state index < -0.39 is 0 Å². The minimum absolute atomic E-state index is 0.0683. The molecule has 2 heterocycles. The first kappa shape index (κ1) is 17.7. The Balaban J connectivity index is 1.50. The monoisotopic (exact) mass is 360 g/mol. The molecule has 27 heavy (non-hydrogen) atoms. The molecule has 2 aliphatic rings. The van der Waals surface area contributed by atoms with Gasteiger partial charge in [-0.1, -0.05) is 30.3 Å². The second-order valence-electron chi connectivity index (χ2n) is 7.64. The number of nitriles is 1. The van der Waals surface area contributed by atoms with Gasteiger partial charge in [0.2, 0.25) is 5.91 Å². The van der Waals surface area contributed by atoms with Crippen LogP contribution in [0.15, 0.2) is 48.8 Å². The number of nitrogens with zero attached hydrogens (tertiary/aromatic N) is 3. The second-order valence-corrected chi connectivity index (χ2v) is 7.64. The summed E-state index contributed by atoms with van der Waals surface area (Å²) in [6.45, 7) is 2.85. The fourth-order valence-corrected chi connectivity index (χ4v) is 4.66. The van der Waals surface area contributed by atoms with Gasteiger partial charge in [0.15, 0.2) is 0 Å². The van der Waals surface area contributed by atoms with E-state index in [1.165, 1.54) is 11.1 Å². The van der Waals surface area contributed by atoms with Gasteiger partial charge < -0.3 is 5.32 Å². The van der Waals surface area contributed by atoms with E-state index in [0.717, 1.165) is 37.9 Å². The SMILES string of the molecule is N#CCN1CCC2(CC1)C[C@@H](C(=O)NCc1cccnc1)c1ccccc12. The highest BCUT2D eigenvalue weighted by Gasteiger charge is 2.47. The lowest BCUT2D eigenvalue weighted by Crippen LogP contribution is -2.42. The molecule has 1 atom stereocenters. The number of pyridine rings is 1. The normalized spacial score (nSPS) is 20.8. The highest BCUT2D eigenvalue weighted by atomic mass is 16.1. The van der Waals surface area contributed by atoms with Crippen molar-refractivity contribution in [3.05, 3.63) is 65.5 Å². The molecular weight excluding hydrogens is 336 g/mol. The molecule has 1 saturated heterocycles. The predicted molar refractivity (Wildman–Crippen MR) is 103 cm³/mol. The first-order valence-electron chi connectivity index (χ1n) is 9.57. The third kappa shape index (κ3) is 3.45. The third-order valence-electron chi connectivity index (χ3n) is 6.12. The Kier molecular flexibility index (Phi) is 4.91. The van der Waals surface area contributed by atoms with Crippen molar-refractivity contribution < 1.29 is 4.79 Å². The van der Waals surface area contributed by atoms with Gasteiger partial charge in [0.05, 0.1) is 18.5 Å². The van der Waals surface area contributed by atoms with Crippen molar-refractivity contribution in [3.8, 4) is 6.07 Å². The van der Waals surface area contributed by atoms with E-state index in [4.69, 9.17) is 5.26 Å². The van der Waals surface area contributed by atoms with Crippen LogP contribution < -0.4 is 5.32 Å². The Bertz CT molecular complexity index is 850. The highest BCUT2D eigenvalue weighted by molar-refractivity contribution is 5.85. The van der Waals surface area contributed by atoms with Crippen molar-refractivity contribution in [1.82, 2.24) is 15.2 Å². The van der Waals surface area contributed by atoms with Crippen LogP contribution in [0, 0.1) is 11.3 Å². The molecule has 0 unspecified atom stereocenters. The quantitative estimate of drug-likeness (QED) is 0.851. The summed E-state index contributed by atoms with van der Waals surface area (Å²) in [6, 6.07) is 14.5. The van der Waals surface area contributed by atoms with Crippen molar-refractivity contribution in [1.29, 1.82) is 5.26 Å². The summed E-state index contributed by atoms with van der Waals surface area (Å²) in [5.41, 5.74) is 3.59. The molecule has 0 saturated carbocycles. The zero-order valence-corrected chi connectivity index (χ0v) is 15.4. The van der Waals surface area contributed by atoms with Crippen molar-refractivity contribution in [2.75, 3.05) is 19.6 Å². The van der Waals surface area contributed by atoms with Gasteiger partial charge in [0.1, 0.15) is 0 Å². The van der Waals surface area contributed by atoms with Crippen LogP contribution in [0.25, 0.3) is 0 Å². The average Bonchev–Trinajstić information content (AvgIpc) is 3.04. The minimum Gasteiger partial charge on any atom is -0.351 e. The van der Waals surface area contributed by atoms with Gasteiger partial charge in [-0.25, -0.2) is 0 Å². The molecule has 2 aromatic rings.